The Morgan fingerprint density at radius 2 is 1.96 bits per heavy atom. The van der Waals surface area contributed by atoms with Crippen LogP contribution < -0.4 is 4.74 Å². The van der Waals surface area contributed by atoms with Crippen LogP contribution >= 0.6 is 0 Å². The fourth-order valence-electron chi connectivity index (χ4n) is 6.07. The molecule has 0 amide bonds. The van der Waals surface area contributed by atoms with Crippen LogP contribution in [0, 0.1) is 23.1 Å². The Morgan fingerprint density at radius 1 is 1.13 bits per heavy atom. The fraction of sp³-hybridized carbons (Fsp3) is 0.700. The summed E-state index contributed by atoms with van der Waals surface area (Å²) in [6.45, 7) is 2.43. The van der Waals surface area contributed by atoms with Crippen molar-refractivity contribution in [1.29, 1.82) is 0 Å². The first kappa shape index (κ1) is 15.4. The molecule has 0 radical (unpaired) electrons. The third-order valence-electron chi connectivity index (χ3n) is 7.19. The van der Waals surface area contributed by atoms with Gasteiger partial charge in [-0.3, -0.25) is 0 Å². The summed E-state index contributed by atoms with van der Waals surface area (Å²) in [6, 6.07) is 3.69. The molecule has 5 atom stereocenters. The molecule has 1 aromatic carbocycles. The van der Waals surface area contributed by atoms with E-state index in [1.54, 1.807) is 13.2 Å². The molecule has 0 unspecified atom stereocenters. The number of benzene rings is 1. The lowest BCUT2D eigenvalue weighted by Gasteiger charge is -2.50. The maximum absolute atomic E-state index is 14.3. The fourth-order valence-corrected chi connectivity index (χ4v) is 6.07. The van der Waals surface area contributed by atoms with Gasteiger partial charge >= 0.3 is 0 Å². The summed E-state index contributed by atoms with van der Waals surface area (Å²) in [7, 11) is 3.41. The van der Waals surface area contributed by atoms with Crippen molar-refractivity contribution in [2.45, 2.75) is 57.5 Å². The van der Waals surface area contributed by atoms with Crippen LogP contribution in [0.3, 0.4) is 0 Å². The summed E-state index contributed by atoms with van der Waals surface area (Å²) < 4.78 is 25.2. The molecule has 3 aliphatic carbocycles. The Hall–Kier alpha value is -1.09. The molecule has 2 nitrogen and oxygen atoms in total. The maximum Gasteiger partial charge on any atom is 0.165 e. The van der Waals surface area contributed by atoms with E-state index in [2.05, 4.69) is 6.92 Å². The van der Waals surface area contributed by atoms with Gasteiger partial charge in [0.1, 0.15) is 0 Å². The van der Waals surface area contributed by atoms with Crippen molar-refractivity contribution >= 4 is 0 Å². The van der Waals surface area contributed by atoms with Crippen LogP contribution in [0.1, 0.15) is 56.1 Å². The summed E-state index contributed by atoms with van der Waals surface area (Å²) in [5.74, 6) is 2.12. The summed E-state index contributed by atoms with van der Waals surface area (Å²) in [6.07, 6.45) is 7.50. The van der Waals surface area contributed by atoms with Crippen LogP contribution in [-0.2, 0) is 11.2 Å². The molecule has 0 saturated heterocycles. The van der Waals surface area contributed by atoms with Gasteiger partial charge < -0.3 is 9.47 Å². The molecular weight excluding hydrogens is 290 g/mol. The number of hydrogen-bond acceptors (Lipinski definition) is 2. The van der Waals surface area contributed by atoms with E-state index >= 15 is 0 Å². The Kier molecular flexibility index (Phi) is 3.67. The molecule has 0 aliphatic heterocycles. The molecule has 0 aromatic heterocycles. The van der Waals surface area contributed by atoms with Crippen molar-refractivity contribution < 1.29 is 13.9 Å². The minimum Gasteiger partial charge on any atom is -0.494 e. The second-order valence-corrected chi connectivity index (χ2v) is 7.95. The predicted octanol–water partition coefficient (Wildman–Crippen LogP) is 4.71. The average Bonchev–Trinajstić information content (AvgIpc) is 2.90. The molecular formula is C20H27FO2. The Morgan fingerprint density at radius 3 is 2.70 bits per heavy atom. The van der Waals surface area contributed by atoms with Crippen LogP contribution in [0.5, 0.6) is 5.75 Å². The first-order chi connectivity index (χ1) is 11.1. The van der Waals surface area contributed by atoms with Crippen LogP contribution in [0.2, 0.25) is 0 Å². The van der Waals surface area contributed by atoms with E-state index in [0.29, 0.717) is 29.1 Å². The van der Waals surface area contributed by atoms with Crippen LogP contribution in [-0.4, -0.2) is 20.3 Å². The number of methoxy groups -OCH3 is 2. The van der Waals surface area contributed by atoms with E-state index in [9.17, 15) is 4.39 Å². The van der Waals surface area contributed by atoms with Gasteiger partial charge in [0.2, 0.25) is 0 Å². The van der Waals surface area contributed by atoms with Crippen molar-refractivity contribution in [2.24, 2.45) is 17.3 Å². The molecule has 2 saturated carbocycles. The van der Waals surface area contributed by atoms with E-state index in [1.165, 1.54) is 36.8 Å². The zero-order valence-electron chi connectivity index (χ0n) is 14.4. The number of ether oxygens (including phenoxy) is 2. The second-order valence-electron chi connectivity index (χ2n) is 7.95. The molecule has 3 heteroatoms. The summed E-state index contributed by atoms with van der Waals surface area (Å²) in [4.78, 5) is 0. The normalized spacial score (nSPS) is 38.6. The minimum absolute atomic E-state index is 0.207. The van der Waals surface area contributed by atoms with Crippen LogP contribution in [0.15, 0.2) is 12.1 Å². The van der Waals surface area contributed by atoms with Crippen LogP contribution in [0.4, 0.5) is 4.39 Å². The topological polar surface area (TPSA) is 18.5 Å². The van der Waals surface area contributed by atoms with Crippen molar-refractivity contribution in [1.82, 2.24) is 0 Å². The monoisotopic (exact) mass is 317 g/mol. The first-order valence-electron chi connectivity index (χ1n) is 8.97. The van der Waals surface area contributed by atoms with Crippen molar-refractivity contribution in [3.63, 3.8) is 0 Å². The number of fused-ring (bicyclic) bond motifs is 5. The molecule has 2 fully saturated rings. The van der Waals surface area contributed by atoms with Gasteiger partial charge in [0.05, 0.1) is 13.2 Å². The highest BCUT2D eigenvalue weighted by atomic mass is 18.2. The second kappa shape index (κ2) is 5.47. The zero-order valence-corrected chi connectivity index (χ0v) is 14.4. The third kappa shape index (κ3) is 2.15. The van der Waals surface area contributed by atoms with Gasteiger partial charge in [-0.2, -0.15) is 0 Å². The summed E-state index contributed by atoms with van der Waals surface area (Å²) >= 11 is 0. The largest absolute Gasteiger partial charge is 0.494 e. The van der Waals surface area contributed by atoms with Crippen molar-refractivity contribution in [3.8, 4) is 5.75 Å². The van der Waals surface area contributed by atoms with E-state index in [4.69, 9.17) is 9.47 Å². The van der Waals surface area contributed by atoms with Gasteiger partial charge in [-0.15, -0.1) is 0 Å². The standard InChI is InChI=1S/C20H27FO2/c1-20-9-8-13-14(16(20)6-7-19(20)23-3)5-4-12-10-18(22-2)17(21)11-15(12)13/h10-11,13-14,16,19H,4-9H2,1-3H3/t13-,14+,16-,19-,20-/m0/s1/i21-1. The zero-order chi connectivity index (χ0) is 16.2. The molecule has 0 N–H and O–H groups in total. The molecule has 0 heterocycles. The highest BCUT2D eigenvalue weighted by Gasteiger charge is 2.55. The quantitative estimate of drug-likeness (QED) is 0.787. The number of halogens is 1. The molecule has 0 bridgehead atoms. The third-order valence-corrected chi connectivity index (χ3v) is 7.19. The van der Waals surface area contributed by atoms with Crippen molar-refractivity contribution in [2.75, 3.05) is 14.2 Å². The van der Waals surface area contributed by atoms with Gasteiger partial charge in [-0.25, -0.2) is 4.39 Å². The van der Waals surface area contributed by atoms with E-state index < -0.39 is 0 Å². The lowest BCUT2D eigenvalue weighted by Crippen LogP contribution is -2.44. The Balaban J connectivity index is 1.69. The molecule has 1 aromatic rings. The van der Waals surface area contributed by atoms with Gasteiger partial charge in [0.15, 0.2) is 11.6 Å². The van der Waals surface area contributed by atoms with Gasteiger partial charge in [-0.05, 0) is 85.0 Å². The lowest BCUT2D eigenvalue weighted by molar-refractivity contribution is -0.0444. The first-order valence-corrected chi connectivity index (χ1v) is 8.97. The molecule has 0 spiro atoms. The molecule has 126 valence electrons. The van der Waals surface area contributed by atoms with Crippen molar-refractivity contribution in [3.05, 3.63) is 29.1 Å². The summed E-state index contributed by atoms with van der Waals surface area (Å²) in [5.41, 5.74) is 2.87. The van der Waals surface area contributed by atoms with Crippen LogP contribution in [0.25, 0.3) is 0 Å². The molecule has 3 aliphatic rings. The Labute approximate surface area is 138 Å². The van der Waals surface area contributed by atoms with E-state index in [1.807, 2.05) is 13.2 Å². The minimum atomic E-state index is -0.207. The number of hydrogen-bond donors (Lipinski definition) is 0. The van der Waals surface area contributed by atoms with Gasteiger partial charge in [0, 0.05) is 7.11 Å². The van der Waals surface area contributed by atoms with E-state index in [0.717, 1.165) is 18.8 Å². The average molecular weight is 317 g/mol. The number of rotatable bonds is 2. The summed E-state index contributed by atoms with van der Waals surface area (Å²) in [5, 5.41) is 0. The lowest BCUT2D eigenvalue weighted by atomic mass is 9.55. The SMILES string of the molecule is COc1cc2c(cc1[18F])[C@H]1CC[C@]3(C)[C@@H](OC)CC[C@H]3[C@@H]1CC2. The molecule has 23 heavy (non-hydrogen) atoms. The highest BCUT2D eigenvalue weighted by molar-refractivity contribution is 5.41. The number of aryl methyl sites for hydroxylation is 1. The smallest absolute Gasteiger partial charge is 0.165 e. The van der Waals surface area contributed by atoms with Gasteiger partial charge in [0.25, 0.3) is 0 Å². The Bertz CT molecular complexity index is 614. The maximum atomic E-state index is 14.3. The van der Waals surface area contributed by atoms with E-state index in [-0.39, 0.29) is 5.82 Å². The predicted molar refractivity (Wildman–Crippen MR) is 88.4 cm³/mol. The highest BCUT2D eigenvalue weighted by Crippen LogP contribution is 2.61. The molecule has 4 rings (SSSR count). The van der Waals surface area contributed by atoms with Gasteiger partial charge in [-0.1, -0.05) is 6.92 Å².